The standard InChI is InChI=1S/C22H35NO5/c1-6-9-11-14-22(4,28-8-3)21(25)23-17-12-13-19(27-15-10-7-2)18(16-17)20(24)26-5/h12-13,16H,6-11,14-15H2,1-5H3,(H,23,25)/t22-/m1/s1. The predicted molar refractivity (Wildman–Crippen MR) is 111 cm³/mol. The second-order valence-corrected chi connectivity index (χ2v) is 6.98. The van der Waals surface area contributed by atoms with Crippen molar-refractivity contribution < 1.29 is 23.8 Å². The third kappa shape index (κ3) is 7.15. The van der Waals surface area contributed by atoms with Crippen molar-refractivity contribution in [3.63, 3.8) is 0 Å². The number of benzene rings is 1. The summed E-state index contributed by atoms with van der Waals surface area (Å²) in [7, 11) is 1.32. The minimum atomic E-state index is -0.911. The van der Waals surface area contributed by atoms with Crippen LogP contribution in [0.2, 0.25) is 0 Å². The molecular formula is C22H35NO5. The number of carbonyl (C=O) groups is 2. The SMILES string of the molecule is CCCCC[C@@](C)(OCC)C(=O)Nc1ccc(OCCCC)c(C(=O)OC)c1. The van der Waals surface area contributed by atoms with Gasteiger partial charge in [0.2, 0.25) is 0 Å². The second-order valence-electron chi connectivity index (χ2n) is 6.98. The molecule has 0 aliphatic carbocycles. The molecule has 1 rings (SSSR count). The molecule has 0 heterocycles. The topological polar surface area (TPSA) is 73.9 Å². The number of anilines is 1. The molecule has 0 aliphatic rings. The molecule has 1 aromatic rings. The van der Waals surface area contributed by atoms with Gasteiger partial charge in [0.1, 0.15) is 16.9 Å². The van der Waals surface area contributed by atoms with Gasteiger partial charge in [-0.2, -0.15) is 0 Å². The summed E-state index contributed by atoms with van der Waals surface area (Å²) in [5.74, 6) is -0.271. The number of methoxy groups -OCH3 is 1. The minimum absolute atomic E-state index is 0.221. The minimum Gasteiger partial charge on any atom is -0.493 e. The molecule has 0 bridgehead atoms. The molecule has 6 nitrogen and oxygen atoms in total. The lowest BCUT2D eigenvalue weighted by Crippen LogP contribution is -2.42. The summed E-state index contributed by atoms with van der Waals surface area (Å²) < 4.78 is 16.3. The molecule has 0 fully saturated rings. The van der Waals surface area contributed by atoms with Crippen molar-refractivity contribution in [1.82, 2.24) is 0 Å². The number of nitrogens with one attached hydrogen (secondary N) is 1. The Balaban J connectivity index is 2.98. The number of unbranched alkanes of at least 4 members (excludes halogenated alkanes) is 3. The first-order valence-electron chi connectivity index (χ1n) is 10.2. The van der Waals surface area contributed by atoms with Crippen LogP contribution < -0.4 is 10.1 Å². The Hall–Kier alpha value is -2.08. The molecule has 0 radical (unpaired) electrons. The molecule has 1 amide bonds. The average Bonchev–Trinajstić information content (AvgIpc) is 2.68. The Labute approximate surface area is 168 Å². The van der Waals surface area contributed by atoms with Crippen LogP contribution in [0, 0.1) is 0 Å². The number of rotatable bonds is 13. The van der Waals surface area contributed by atoms with Gasteiger partial charge in [-0.05, 0) is 44.9 Å². The summed E-state index contributed by atoms with van der Waals surface area (Å²) >= 11 is 0. The third-order valence-corrected chi connectivity index (χ3v) is 4.60. The van der Waals surface area contributed by atoms with Crippen LogP contribution in [0.5, 0.6) is 5.75 Å². The molecule has 0 spiro atoms. The zero-order valence-corrected chi connectivity index (χ0v) is 17.9. The van der Waals surface area contributed by atoms with E-state index in [9.17, 15) is 9.59 Å². The Morgan fingerprint density at radius 2 is 1.79 bits per heavy atom. The van der Waals surface area contributed by atoms with Crippen molar-refractivity contribution in [1.29, 1.82) is 0 Å². The molecule has 0 aromatic heterocycles. The summed E-state index contributed by atoms with van der Waals surface area (Å²) in [6.07, 6.45) is 5.57. The molecule has 1 N–H and O–H groups in total. The first-order valence-corrected chi connectivity index (χ1v) is 10.2. The molecule has 0 saturated carbocycles. The maximum Gasteiger partial charge on any atom is 0.341 e. The molecule has 0 unspecified atom stereocenters. The van der Waals surface area contributed by atoms with Gasteiger partial charge in [-0.15, -0.1) is 0 Å². The van der Waals surface area contributed by atoms with Crippen molar-refractivity contribution >= 4 is 17.6 Å². The van der Waals surface area contributed by atoms with E-state index in [4.69, 9.17) is 14.2 Å². The number of hydrogen-bond acceptors (Lipinski definition) is 5. The van der Waals surface area contributed by atoms with Crippen LogP contribution in [0.4, 0.5) is 5.69 Å². The summed E-state index contributed by atoms with van der Waals surface area (Å²) in [5, 5.41) is 2.88. The molecule has 0 saturated heterocycles. The van der Waals surface area contributed by atoms with Gasteiger partial charge in [0.15, 0.2) is 0 Å². The van der Waals surface area contributed by atoms with E-state index in [0.717, 1.165) is 32.1 Å². The lowest BCUT2D eigenvalue weighted by Gasteiger charge is -2.28. The monoisotopic (exact) mass is 393 g/mol. The fraction of sp³-hybridized carbons (Fsp3) is 0.636. The van der Waals surface area contributed by atoms with Crippen LogP contribution in [-0.2, 0) is 14.3 Å². The lowest BCUT2D eigenvalue weighted by molar-refractivity contribution is -0.139. The van der Waals surface area contributed by atoms with Gasteiger partial charge < -0.3 is 19.5 Å². The van der Waals surface area contributed by atoms with Gasteiger partial charge in [-0.25, -0.2) is 4.79 Å². The Bertz CT molecular complexity index is 631. The molecule has 6 heteroatoms. The van der Waals surface area contributed by atoms with Crippen LogP contribution >= 0.6 is 0 Å². The van der Waals surface area contributed by atoms with Crippen molar-refractivity contribution in [2.75, 3.05) is 25.6 Å². The first-order chi connectivity index (χ1) is 13.4. The molecule has 1 aromatic carbocycles. The van der Waals surface area contributed by atoms with E-state index in [0.29, 0.717) is 36.6 Å². The van der Waals surface area contributed by atoms with Crippen molar-refractivity contribution in [2.45, 2.75) is 71.8 Å². The highest BCUT2D eigenvalue weighted by Crippen LogP contribution is 2.27. The molecule has 1 atom stereocenters. The van der Waals surface area contributed by atoms with Crippen molar-refractivity contribution in [3.8, 4) is 5.75 Å². The first kappa shape index (κ1) is 24.0. The Morgan fingerprint density at radius 1 is 1.07 bits per heavy atom. The normalized spacial score (nSPS) is 12.9. The number of carbonyl (C=O) groups excluding carboxylic acids is 2. The highest BCUT2D eigenvalue weighted by Gasteiger charge is 2.33. The second kappa shape index (κ2) is 12.4. The molecule has 0 aliphatic heterocycles. The van der Waals surface area contributed by atoms with Gasteiger partial charge in [0.05, 0.1) is 13.7 Å². The molecule has 28 heavy (non-hydrogen) atoms. The smallest absolute Gasteiger partial charge is 0.341 e. The van der Waals surface area contributed by atoms with Crippen molar-refractivity contribution in [2.24, 2.45) is 0 Å². The van der Waals surface area contributed by atoms with E-state index >= 15 is 0 Å². The van der Waals surface area contributed by atoms with E-state index in [1.54, 1.807) is 18.2 Å². The highest BCUT2D eigenvalue weighted by atomic mass is 16.5. The Morgan fingerprint density at radius 3 is 2.39 bits per heavy atom. The summed E-state index contributed by atoms with van der Waals surface area (Å²) in [4.78, 5) is 25.0. The van der Waals surface area contributed by atoms with E-state index in [1.807, 2.05) is 13.8 Å². The highest BCUT2D eigenvalue weighted by molar-refractivity contribution is 5.99. The zero-order valence-electron chi connectivity index (χ0n) is 17.9. The van der Waals surface area contributed by atoms with Crippen molar-refractivity contribution in [3.05, 3.63) is 23.8 Å². The predicted octanol–water partition coefficient (Wildman–Crippen LogP) is 4.97. The summed E-state index contributed by atoms with van der Waals surface area (Å²) in [6, 6.07) is 5.00. The third-order valence-electron chi connectivity index (χ3n) is 4.60. The molecule has 158 valence electrons. The fourth-order valence-electron chi connectivity index (χ4n) is 2.87. The number of hydrogen-bond donors (Lipinski definition) is 1. The van der Waals surface area contributed by atoms with Gasteiger partial charge in [-0.3, -0.25) is 4.79 Å². The number of esters is 1. The van der Waals surface area contributed by atoms with Gasteiger partial charge >= 0.3 is 5.97 Å². The van der Waals surface area contributed by atoms with E-state index in [2.05, 4.69) is 19.2 Å². The fourth-order valence-corrected chi connectivity index (χ4v) is 2.87. The van der Waals surface area contributed by atoms with E-state index < -0.39 is 11.6 Å². The van der Waals surface area contributed by atoms with E-state index in [1.165, 1.54) is 7.11 Å². The van der Waals surface area contributed by atoms with Crippen LogP contribution in [0.1, 0.15) is 76.6 Å². The lowest BCUT2D eigenvalue weighted by atomic mass is 9.96. The zero-order chi connectivity index (χ0) is 21.0. The maximum absolute atomic E-state index is 12.9. The van der Waals surface area contributed by atoms with Gasteiger partial charge in [-0.1, -0.05) is 39.5 Å². The number of ether oxygens (including phenoxy) is 3. The molecular weight excluding hydrogens is 358 g/mol. The van der Waals surface area contributed by atoms with Crippen LogP contribution in [0.25, 0.3) is 0 Å². The maximum atomic E-state index is 12.9. The van der Waals surface area contributed by atoms with Gasteiger partial charge in [0.25, 0.3) is 5.91 Å². The van der Waals surface area contributed by atoms with Crippen LogP contribution in [-0.4, -0.2) is 37.8 Å². The summed E-state index contributed by atoms with van der Waals surface area (Å²) in [5.41, 5.74) is -0.110. The number of amides is 1. The van der Waals surface area contributed by atoms with Crippen LogP contribution in [0.3, 0.4) is 0 Å². The quantitative estimate of drug-likeness (QED) is 0.378. The van der Waals surface area contributed by atoms with Gasteiger partial charge in [0, 0.05) is 12.3 Å². The Kier molecular flexibility index (Phi) is 10.6. The van der Waals surface area contributed by atoms with Crippen LogP contribution in [0.15, 0.2) is 18.2 Å². The van der Waals surface area contributed by atoms with E-state index in [-0.39, 0.29) is 5.91 Å². The summed E-state index contributed by atoms with van der Waals surface area (Å²) in [6.45, 7) is 8.85. The average molecular weight is 394 g/mol. The largest absolute Gasteiger partial charge is 0.493 e.